The number of aliphatic carboxylic acids is 1. The van der Waals surface area contributed by atoms with E-state index in [9.17, 15) is 4.79 Å². The molecule has 1 aromatic carbocycles. The average Bonchev–Trinajstić information content (AvgIpc) is 2.16. The van der Waals surface area contributed by atoms with E-state index in [2.05, 4.69) is 0 Å². The third kappa shape index (κ3) is 2.29. The Hall–Kier alpha value is -1.35. The molecule has 0 fully saturated rings. The summed E-state index contributed by atoms with van der Waals surface area (Å²) in [6.45, 7) is 1.57. The fraction of sp³-hybridized carbons (Fsp3) is 0.300. The number of carboxylic acids is 1. The molecule has 1 unspecified atom stereocenters. The van der Waals surface area contributed by atoms with Gasteiger partial charge in [-0.15, -0.1) is 0 Å². The molecule has 13 heavy (non-hydrogen) atoms. The first-order valence-electron chi connectivity index (χ1n) is 4.07. The smallest absolute Gasteiger partial charge is 0.310 e. The lowest BCUT2D eigenvalue weighted by Crippen LogP contribution is -2.07. The molecule has 0 radical (unpaired) electrons. The molecule has 70 valence electrons. The molecule has 1 rings (SSSR count). The second kappa shape index (κ2) is 4.05. The maximum absolute atomic E-state index is 10.6. The predicted molar refractivity (Wildman–Crippen MR) is 48.4 cm³/mol. The zero-order chi connectivity index (χ0) is 9.84. The standard InChI is InChI=1S/C10H12O3/c1-7(10(12)13)9-4-2-3-8(5-9)6-11/h2-5,7,11H,6H2,1H3,(H,12,13). The first-order chi connectivity index (χ1) is 6.15. The number of hydrogen-bond acceptors (Lipinski definition) is 2. The van der Waals surface area contributed by atoms with E-state index in [4.69, 9.17) is 10.2 Å². The Morgan fingerprint density at radius 2 is 2.23 bits per heavy atom. The van der Waals surface area contributed by atoms with Gasteiger partial charge in [0.1, 0.15) is 0 Å². The van der Waals surface area contributed by atoms with Crippen LogP contribution in [0.15, 0.2) is 24.3 Å². The number of carbonyl (C=O) groups is 1. The van der Waals surface area contributed by atoms with Gasteiger partial charge in [0.05, 0.1) is 12.5 Å². The minimum Gasteiger partial charge on any atom is -0.481 e. The fourth-order valence-electron chi connectivity index (χ4n) is 1.10. The molecule has 2 N–H and O–H groups in total. The van der Waals surface area contributed by atoms with E-state index in [1.165, 1.54) is 0 Å². The lowest BCUT2D eigenvalue weighted by Gasteiger charge is -2.07. The quantitative estimate of drug-likeness (QED) is 0.738. The number of benzene rings is 1. The summed E-state index contributed by atoms with van der Waals surface area (Å²) in [5.74, 6) is -1.37. The van der Waals surface area contributed by atoms with Gasteiger partial charge in [-0.3, -0.25) is 4.79 Å². The molecular formula is C10H12O3. The van der Waals surface area contributed by atoms with Crippen molar-refractivity contribution in [2.24, 2.45) is 0 Å². The van der Waals surface area contributed by atoms with Crippen LogP contribution in [0.1, 0.15) is 24.0 Å². The average molecular weight is 180 g/mol. The number of carboxylic acid groups (broad SMARTS) is 1. The van der Waals surface area contributed by atoms with Gasteiger partial charge < -0.3 is 10.2 Å². The molecule has 0 saturated heterocycles. The van der Waals surface area contributed by atoms with Crippen molar-refractivity contribution in [3.05, 3.63) is 35.4 Å². The summed E-state index contributed by atoms with van der Waals surface area (Å²) in [7, 11) is 0. The van der Waals surface area contributed by atoms with Crippen molar-refractivity contribution in [3.8, 4) is 0 Å². The van der Waals surface area contributed by atoms with Crippen molar-refractivity contribution >= 4 is 5.97 Å². The molecule has 0 aliphatic heterocycles. The molecule has 0 aromatic heterocycles. The normalized spacial score (nSPS) is 12.5. The van der Waals surface area contributed by atoms with Crippen LogP contribution < -0.4 is 0 Å². The van der Waals surface area contributed by atoms with Gasteiger partial charge in [0, 0.05) is 0 Å². The molecule has 1 atom stereocenters. The van der Waals surface area contributed by atoms with Gasteiger partial charge in [0.25, 0.3) is 0 Å². The number of aliphatic hydroxyl groups excluding tert-OH is 1. The summed E-state index contributed by atoms with van der Waals surface area (Å²) in [4.78, 5) is 10.6. The summed E-state index contributed by atoms with van der Waals surface area (Å²) in [6, 6.07) is 6.97. The van der Waals surface area contributed by atoms with E-state index in [1.807, 2.05) is 0 Å². The molecule has 3 heteroatoms. The van der Waals surface area contributed by atoms with Crippen molar-refractivity contribution in [1.29, 1.82) is 0 Å². The van der Waals surface area contributed by atoms with E-state index >= 15 is 0 Å². The molecule has 0 spiro atoms. The Kier molecular flexibility index (Phi) is 3.03. The van der Waals surface area contributed by atoms with Gasteiger partial charge in [-0.05, 0) is 18.1 Å². The second-order valence-electron chi connectivity index (χ2n) is 2.96. The van der Waals surface area contributed by atoms with Crippen molar-refractivity contribution < 1.29 is 15.0 Å². The van der Waals surface area contributed by atoms with Crippen LogP contribution in [-0.4, -0.2) is 16.2 Å². The predicted octanol–water partition coefficient (Wildman–Crippen LogP) is 1.37. The van der Waals surface area contributed by atoms with Crippen LogP contribution in [-0.2, 0) is 11.4 Å². The Labute approximate surface area is 76.6 Å². The van der Waals surface area contributed by atoms with E-state index in [1.54, 1.807) is 31.2 Å². The highest BCUT2D eigenvalue weighted by Crippen LogP contribution is 2.16. The number of aliphatic hydroxyl groups is 1. The molecule has 0 bridgehead atoms. The van der Waals surface area contributed by atoms with Crippen molar-refractivity contribution in [1.82, 2.24) is 0 Å². The van der Waals surface area contributed by atoms with Crippen LogP contribution in [0.4, 0.5) is 0 Å². The molecular weight excluding hydrogens is 168 g/mol. The lowest BCUT2D eigenvalue weighted by molar-refractivity contribution is -0.138. The molecule has 0 aliphatic carbocycles. The van der Waals surface area contributed by atoms with Crippen LogP contribution >= 0.6 is 0 Å². The molecule has 3 nitrogen and oxygen atoms in total. The monoisotopic (exact) mass is 180 g/mol. The van der Waals surface area contributed by atoms with Crippen LogP contribution in [0.2, 0.25) is 0 Å². The molecule has 0 saturated carbocycles. The molecule has 0 heterocycles. The zero-order valence-electron chi connectivity index (χ0n) is 7.40. The van der Waals surface area contributed by atoms with Crippen LogP contribution in [0, 0.1) is 0 Å². The summed E-state index contributed by atoms with van der Waals surface area (Å²) < 4.78 is 0. The van der Waals surface area contributed by atoms with Crippen LogP contribution in [0.3, 0.4) is 0 Å². The fourth-order valence-corrected chi connectivity index (χ4v) is 1.10. The van der Waals surface area contributed by atoms with Crippen LogP contribution in [0.5, 0.6) is 0 Å². The third-order valence-electron chi connectivity index (χ3n) is 2.00. The van der Waals surface area contributed by atoms with Gasteiger partial charge in [-0.2, -0.15) is 0 Å². The lowest BCUT2D eigenvalue weighted by atomic mass is 9.99. The summed E-state index contributed by atoms with van der Waals surface area (Å²) in [5.41, 5.74) is 1.46. The Morgan fingerprint density at radius 3 is 2.77 bits per heavy atom. The third-order valence-corrected chi connectivity index (χ3v) is 2.00. The maximum Gasteiger partial charge on any atom is 0.310 e. The molecule has 0 aliphatic rings. The summed E-state index contributed by atoms with van der Waals surface area (Å²) in [6.07, 6.45) is 0. The van der Waals surface area contributed by atoms with Gasteiger partial charge >= 0.3 is 5.97 Å². The van der Waals surface area contributed by atoms with Crippen LogP contribution in [0.25, 0.3) is 0 Å². The Morgan fingerprint density at radius 1 is 1.54 bits per heavy atom. The highest BCUT2D eigenvalue weighted by molar-refractivity contribution is 5.75. The Bertz CT molecular complexity index is 307. The first kappa shape index (κ1) is 9.74. The summed E-state index contributed by atoms with van der Waals surface area (Å²) >= 11 is 0. The Balaban J connectivity index is 2.94. The number of hydrogen-bond donors (Lipinski definition) is 2. The van der Waals surface area contributed by atoms with Gasteiger partial charge in [-0.25, -0.2) is 0 Å². The highest BCUT2D eigenvalue weighted by atomic mass is 16.4. The highest BCUT2D eigenvalue weighted by Gasteiger charge is 2.13. The molecule has 1 aromatic rings. The van der Waals surface area contributed by atoms with Crippen molar-refractivity contribution in [2.45, 2.75) is 19.4 Å². The van der Waals surface area contributed by atoms with E-state index in [0.29, 0.717) is 0 Å². The molecule has 0 amide bonds. The SMILES string of the molecule is CC(C(=O)O)c1cccc(CO)c1. The minimum absolute atomic E-state index is 0.0554. The van der Waals surface area contributed by atoms with Crippen molar-refractivity contribution in [3.63, 3.8) is 0 Å². The van der Waals surface area contributed by atoms with E-state index in [0.717, 1.165) is 11.1 Å². The van der Waals surface area contributed by atoms with Crippen molar-refractivity contribution in [2.75, 3.05) is 0 Å². The van der Waals surface area contributed by atoms with Gasteiger partial charge in [0.15, 0.2) is 0 Å². The summed E-state index contributed by atoms with van der Waals surface area (Å²) in [5, 5.41) is 17.6. The minimum atomic E-state index is -0.852. The van der Waals surface area contributed by atoms with Gasteiger partial charge in [0.2, 0.25) is 0 Å². The largest absolute Gasteiger partial charge is 0.481 e. The second-order valence-corrected chi connectivity index (χ2v) is 2.96. The zero-order valence-corrected chi connectivity index (χ0v) is 7.40. The number of rotatable bonds is 3. The van der Waals surface area contributed by atoms with Gasteiger partial charge in [-0.1, -0.05) is 24.3 Å². The van der Waals surface area contributed by atoms with E-state index in [-0.39, 0.29) is 6.61 Å². The van der Waals surface area contributed by atoms with E-state index < -0.39 is 11.9 Å². The first-order valence-corrected chi connectivity index (χ1v) is 4.07. The maximum atomic E-state index is 10.6. The topological polar surface area (TPSA) is 57.5 Å².